The maximum Gasteiger partial charge on any atom is 0.0489 e. The molecule has 0 aliphatic heterocycles. The predicted molar refractivity (Wildman–Crippen MR) is 264 cm³/mol. The first-order valence-electron chi connectivity index (χ1n) is 24.4. The maximum atomic E-state index is 5.41. The van der Waals surface area contributed by atoms with E-state index < -0.39 is 0 Å². The van der Waals surface area contributed by atoms with Crippen molar-refractivity contribution in [1.29, 1.82) is 0 Å². The Labute approximate surface area is 365 Å². The monoisotopic (exact) mass is 819 g/mol. The Kier molecular flexibility index (Phi) is 62.4. The van der Waals surface area contributed by atoms with E-state index >= 15 is 0 Å². The van der Waals surface area contributed by atoms with Gasteiger partial charge in [0.2, 0.25) is 0 Å². The van der Waals surface area contributed by atoms with Gasteiger partial charge in [0.25, 0.3) is 0 Å². The van der Waals surface area contributed by atoms with Crippen LogP contribution in [0, 0.1) is 71.0 Å². The van der Waals surface area contributed by atoms with Gasteiger partial charge in [0.15, 0.2) is 0 Å². The van der Waals surface area contributed by atoms with E-state index in [1.165, 1.54) is 45.1 Å². The lowest BCUT2D eigenvalue weighted by Gasteiger charge is -2.08. The minimum absolute atomic E-state index is 0.670. The highest BCUT2D eigenvalue weighted by atomic mass is 16.5. The van der Waals surface area contributed by atoms with Gasteiger partial charge in [-0.05, 0) is 116 Å². The fourth-order valence-corrected chi connectivity index (χ4v) is 4.19. The van der Waals surface area contributed by atoms with Crippen molar-refractivity contribution < 1.29 is 14.2 Å². The molecule has 0 aliphatic rings. The molecule has 2 N–H and O–H groups in total. The van der Waals surface area contributed by atoms with Crippen molar-refractivity contribution in [2.45, 2.75) is 205 Å². The second-order valence-electron chi connectivity index (χ2n) is 21.6. The van der Waals surface area contributed by atoms with Crippen LogP contribution < -0.4 is 10.6 Å². The molecular formula is C52H118N2O3. The molecule has 0 aliphatic carbocycles. The van der Waals surface area contributed by atoms with Gasteiger partial charge < -0.3 is 24.8 Å². The highest BCUT2D eigenvalue weighted by Gasteiger charge is 1.99. The first-order valence-corrected chi connectivity index (χ1v) is 24.4. The van der Waals surface area contributed by atoms with Gasteiger partial charge >= 0.3 is 0 Å². The fraction of sp³-hybridized carbons (Fsp3) is 1.00. The Balaban J connectivity index is -0.000000137. The van der Waals surface area contributed by atoms with Gasteiger partial charge in [-0.25, -0.2) is 0 Å². The van der Waals surface area contributed by atoms with E-state index in [1.54, 1.807) is 0 Å². The molecule has 0 bridgehead atoms. The van der Waals surface area contributed by atoms with Crippen LogP contribution in [0.5, 0.6) is 0 Å². The minimum Gasteiger partial charge on any atom is -0.381 e. The summed E-state index contributed by atoms with van der Waals surface area (Å²) in [4.78, 5) is 0. The topological polar surface area (TPSA) is 51.8 Å². The Morgan fingerprint density at radius 2 is 0.526 bits per heavy atom. The van der Waals surface area contributed by atoms with Crippen LogP contribution in [0.3, 0.4) is 0 Å². The Morgan fingerprint density at radius 3 is 0.772 bits per heavy atom. The molecule has 5 heteroatoms. The Bertz CT molecular complexity index is 526. The average Bonchev–Trinajstić information content (AvgIpc) is 3.03. The van der Waals surface area contributed by atoms with Crippen LogP contribution >= 0.6 is 0 Å². The summed E-state index contributed by atoms with van der Waals surface area (Å²) in [5.74, 6) is 9.19. The second-order valence-corrected chi connectivity index (χ2v) is 21.6. The van der Waals surface area contributed by atoms with E-state index in [1.807, 2.05) is 0 Å². The second kappa shape index (κ2) is 51.9. The van der Waals surface area contributed by atoms with Crippen molar-refractivity contribution >= 4 is 0 Å². The standard InChI is InChI=1S/C9H21N.2C9H20O.C9H20.C8H19N.C8H18O/c3*1-8(2)5-6-10-7-9(3)4;1-8(2)6-5-7-9(3)4;2*1-7(2)5-9-6-8(3)4/h8-10H,5-7H2,1-4H3;2*8-9H,5-7H2,1-4H3;8-9H,5-7H2,1-4H3;7-9H,5-6H2,1-4H3;7-8H,5-6H2,1-4H3. The highest BCUT2D eigenvalue weighted by Crippen LogP contribution is 2.11. The van der Waals surface area contributed by atoms with Crippen LogP contribution in [-0.4, -0.2) is 65.8 Å². The van der Waals surface area contributed by atoms with Crippen molar-refractivity contribution in [3.05, 3.63) is 0 Å². The minimum atomic E-state index is 0.670. The number of rotatable bonds is 27. The highest BCUT2D eigenvalue weighted by molar-refractivity contribution is 4.54. The van der Waals surface area contributed by atoms with Gasteiger partial charge in [0, 0.05) is 39.6 Å². The van der Waals surface area contributed by atoms with Crippen molar-refractivity contribution in [3.8, 4) is 0 Å². The molecule has 0 saturated carbocycles. The van der Waals surface area contributed by atoms with E-state index in [4.69, 9.17) is 14.2 Å². The number of hydrogen-bond donors (Lipinski definition) is 2. The number of ether oxygens (including phenoxy) is 3. The maximum absolute atomic E-state index is 5.41. The van der Waals surface area contributed by atoms with Crippen LogP contribution in [0.1, 0.15) is 205 Å². The first kappa shape index (κ1) is 68.5. The molecule has 0 atom stereocenters. The van der Waals surface area contributed by atoms with Gasteiger partial charge in [-0.3, -0.25) is 0 Å². The molecule has 0 aromatic rings. The summed E-state index contributed by atoms with van der Waals surface area (Å²) >= 11 is 0. The lowest BCUT2D eigenvalue weighted by molar-refractivity contribution is 0.0886. The summed E-state index contributed by atoms with van der Waals surface area (Å²) in [6.45, 7) is 63.5. The molecule has 0 unspecified atom stereocenters. The zero-order valence-electron chi connectivity index (χ0n) is 44.5. The molecule has 0 spiro atoms. The van der Waals surface area contributed by atoms with Crippen LogP contribution in [0.2, 0.25) is 0 Å². The van der Waals surface area contributed by atoms with Gasteiger partial charge in [0.1, 0.15) is 0 Å². The SMILES string of the molecule is CC(C)CCCC(C)C.CC(C)CCNCC(C)C.CC(C)CCOCC(C)C.CC(C)CCOCC(C)C.CC(C)CNCC(C)C.CC(C)COCC(C)C. The van der Waals surface area contributed by atoms with Gasteiger partial charge in [-0.1, -0.05) is 185 Å². The molecule has 5 nitrogen and oxygen atoms in total. The van der Waals surface area contributed by atoms with Crippen LogP contribution in [0.25, 0.3) is 0 Å². The zero-order valence-corrected chi connectivity index (χ0v) is 44.5. The van der Waals surface area contributed by atoms with E-state index in [2.05, 4.69) is 177 Å². The molecular weight excluding hydrogens is 701 g/mol. The quantitative estimate of drug-likeness (QED) is 0.0809. The van der Waals surface area contributed by atoms with Crippen molar-refractivity contribution in [2.75, 3.05) is 65.8 Å². The third-order valence-electron chi connectivity index (χ3n) is 7.60. The number of hydrogen-bond acceptors (Lipinski definition) is 5. The summed E-state index contributed by atoms with van der Waals surface area (Å²) in [5.41, 5.74) is 0. The molecule has 0 fully saturated rings. The third-order valence-corrected chi connectivity index (χ3v) is 7.60. The summed E-state index contributed by atoms with van der Waals surface area (Å²) in [5, 5.41) is 6.80. The van der Waals surface area contributed by atoms with E-state index in [9.17, 15) is 0 Å². The molecule has 0 radical (unpaired) electrons. The smallest absolute Gasteiger partial charge is 0.0489 e. The molecule has 0 aromatic carbocycles. The molecule has 0 amide bonds. The lowest BCUT2D eigenvalue weighted by atomic mass is 10.0. The lowest BCUT2D eigenvalue weighted by Crippen LogP contribution is -2.23. The molecule has 0 aromatic heterocycles. The normalized spacial score (nSPS) is 11.4. The molecule has 0 heterocycles. The number of nitrogens with one attached hydrogen (secondary N) is 2. The molecule has 0 rings (SSSR count). The van der Waals surface area contributed by atoms with Crippen molar-refractivity contribution in [1.82, 2.24) is 10.6 Å². The van der Waals surface area contributed by atoms with E-state index in [-0.39, 0.29) is 0 Å². The predicted octanol–water partition coefficient (Wildman–Crippen LogP) is 15.4. The summed E-state index contributed by atoms with van der Waals surface area (Å²) < 4.78 is 16.2. The Hall–Kier alpha value is -0.200. The average molecular weight is 820 g/mol. The van der Waals surface area contributed by atoms with Gasteiger partial charge in [0.05, 0.1) is 0 Å². The molecule has 354 valence electrons. The zero-order chi connectivity index (χ0) is 45.8. The van der Waals surface area contributed by atoms with Crippen LogP contribution in [-0.2, 0) is 14.2 Å². The van der Waals surface area contributed by atoms with Crippen LogP contribution in [0.4, 0.5) is 0 Å². The largest absolute Gasteiger partial charge is 0.381 e. The van der Waals surface area contributed by atoms with E-state index in [0.717, 1.165) is 107 Å². The summed E-state index contributed by atoms with van der Waals surface area (Å²) in [6, 6.07) is 0. The van der Waals surface area contributed by atoms with Gasteiger partial charge in [-0.15, -0.1) is 0 Å². The van der Waals surface area contributed by atoms with Crippen LogP contribution in [0.15, 0.2) is 0 Å². The Morgan fingerprint density at radius 1 is 0.263 bits per heavy atom. The van der Waals surface area contributed by atoms with Crippen molar-refractivity contribution in [2.24, 2.45) is 71.0 Å². The van der Waals surface area contributed by atoms with E-state index in [0.29, 0.717) is 23.7 Å². The first-order chi connectivity index (χ1) is 26.3. The fourth-order valence-electron chi connectivity index (χ4n) is 4.19. The summed E-state index contributed by atoms with van der Waals surface area (Å²) in [6.07, 6.45) is 7.89. The molecule has 0 saturated heterocycles. The third kappa shape index (κ3) is 107. The van der Waals surface area contributed by atoms with Crippen molar-refractivity contribution in [3.63, 3.8) is 0 Å². The van der Waals surface area contributed by atoms with Gasteiger partial charge in [-0.2, -0.15) is 0 Å². The molecule has 57 heavy (non-hydrogen) atoms. The summed E-state index contributed by atoms with van der Waals surface area (Å²) in [7, 11) is 0.